The van der Waals surface area contributed by atoms with Crippen LogP contribution in [0.1, 0.15) is 12.5 Å². The van der Waals surface area contributed by atoms with Crippen LogP contribution < -0.4 is 11.1 Å². The van der Waals surface area contributed by atoms with Gasteiger partial charge in [0, 0.05) is 20.1 Å². The molecule has 0 aliphatic rings. The monoisotopic (exact) mass is 324 g/mol. The van der Waals surface area contributed by atoms with Gasteiger partial charge in [0.05, 0.1) is 11.8 Å². The van der Waals surface area contributed by atoms with Crippen molar-refractivity contribution in [2.45, 2.75) is 20.0 Å². The fourth-order valence-corrected chi connectivity index (χ4v) is 2.71. The van der Waals surface area contributed by atoms with E-state index in [1.54, 1.807) is 19.4 Å². The second-order valence-corrected chi connectivity index (χ2v) is 5.51. The predicted molar refractivity (Wildman–Crippen MR) is 89.8 cm³/mol. The van der Waals surface area contributed by atoms with Crippen molar-refractivity contribution in [2.24, 2.45) is 7.05 Å². The number of benzene rings is 1. The number of oxazole rings is 1. The standard InChI is InChI=1S/C16H16N6O2/c1-3-22-9-20-13-14(18-8-19-15(13)22)17-7-10-4-5-12-11(6-10)21(2)16(23)24-12/h4-6,8-9H,3,7H2,1-2H3,(H,17,18,19). The average Bonchev–Trinajstić information content (AvgIpc) is 3.15. The number of hydrogen-bond donors (Lipinski definition) is 1. The van der Waals surface area contributed by atoms with Crippen molar-refractivity contribution in [1.29, 1.82) is 0 Å². The van der Waals surface area contributed by atoms with Gasteiger partial charge < -0.3 is 14.3 Å². The quantitative estimate of drug-likeness (QED) is 0.616. The molecule has 0 unspecified atom stereocenters. The van der Waals surface area contributed by atoms with Crippen LogP contribution in [0.3, 0.4) is 0 Å². The van der Waals surface area contributed by atoms with Crippen LogP contribution in [0.5, 0.6) is 0 Å². The van der Waals surface area contributed by atoms with Crippen LogP contribution >= 0.6 is 0 Å². The minimum absolute atomic E-state index is 0.363. The van der Waals surface area contributed by atoms with Gasteiger partial charge in [-0.15, -0.1) is 0 Å². The second-order valence-electron chi connectivity index (χ2n) is 5.51. The highest BCUT2D eigenvalue weighted by atomic mass is 16.4. The van der Waals surface area contributed by atoms with Crippen LogP contribution in [0.4, 0.5) is 5.82 Å². The first kappa shape index (κ1) is 14.4. The van der Waals surface area contributed by atoms with E-state index in [4.69, 9.17) is 4.42 Å². The van der Waals surface area contributed by atoms with E-state index >= 15 is 0 Å². The highest BCUT2D eigenvalue weighted by molar-refractivity contribution is 5.82. The fraction of sp³-hybridized carbons (Fsp3) is 0.250. The maximum Gasteiger partial charge on any atom is 0.419 e. The molecule has 0 saturated carbocycles. The van der Waals surface area contributed by atoms with Crippen molar-refractivity contribution in [3.8, 4) is 0 Å². The summed E-state index contributed by atoms with van der Waals surface area (Å²) in [6, 6.07) is 5.65. The van der Waals surface area contributed by atoms with Crippen molar-refractivity contribution in [3.63, 3.8) is 0 Å². The third-order valence-corrected chi connectivity index (χ3v) is 4.06. The summed E-state index contributed by atoms with van der Waals surface area (Å²) in [5, 5.41) is 3.29. The van der Waals surface area contributed by atoms with Gasteiger partial charge >= 0.3 is 5.76 Å². The van der Waals surface area contributed by atoms with Gasteiger partial charge in [-0.2, -0.15) is 0 Å². The number of aryl methyl sites for hydroxylation is 2. The van der Waals surface area contributed by atoms with Crippen LogP contribution in [0.2, 0.25) is 0 Å². The summed E-state index contributed by atoms with van der Waals surface area (Å²) in [7, 11) is 1.69. The molecule has 1 aromatic carbocycles. The summed E-state index contributed by atoms with van der Waals surface area (Å²) in [6.45, 7) is 3.40. The summed E-state index contributed by atoms with van der Waals surface area (Å²) in [4.78, 5) is 24.5. The Labute approximate surface area is 136 Å². The maximum absolute atomic E-state index is 11.6. The lowest BCUT2D eigenvalue weighted by Gasteiger charge is -2.06. The fourth-order valence-electron chi connectivity index (χ4n) is 2.71. The summed E-state index contributed by atoms with van der Waals surface area (Å²) >= 11 is 0. The summed E-state index contributed by atoms with van der Waals surface area (Å²) in [6.07, 6.45) is 3.29. The molecule has 0 fully saturated rings. The lowest BCUT2D eigenvalue weighted by Crippen LogP contribution is -2.08. The Balaban J connectivity index is 1.64. The van der Waals surface area contributed by atoms with E-state index < -0.39 is 0 Å². The summed E-state index contributed by atoms with van der Waals surface area (Å²) < 4.78 is 8.60. The molecule has 3 heterocycles. The molecule has 0 aliphatic carbocycles. The molecule has 0 atom stereocenters. The van der Waals surface area contributed by atoms with Crippen LogP contribution in [-0.2, 0) is 20.1 Å². The minimum atomic E-state index is -0.363. The Morgan fingerprint density at radius 3 is 2.96 bits per heavy atom. The van der Waals surface area contributed by atoms with Crippen LogP contribution in [0, 0.1) is 0 Å². The Morgan fingerprint density at radius 2 is 2.12 bits per heavy atom. The van der Waals surface area contributed by atoms with E-state index in [-0.39, 0.29) is 5.76 Å². The van der Waals surface area contributed by atoms with Crippen LogP contribution in [0.15, 0.2) is 40.1 Å². The average molecular weight is 324 g/mol. The number of fused-ring (bicyclic) bond motifs is 2. The third kappa shape index (κ3) is 2.23. The Kier molecular flexibility index (Phi) is 3.30. The van der Waals surface area contributed by atoms with E-state index in [1.807, 2.05) is 23.6 Å². The topological polar surface area (TPSA) is 90.8 Å². The number of aromatic nitrogens is 5. The number of anilines is 1. The first-order valence-corrected chi connectivity index (χ1v) is 7.65. The van der Waals surface area contributed by atoms with E-state index in [2.05, 4.69) is 20.3 Å². The zero-order valence-electron chi connectivity index (χ0n) is 13.4. The molecule has 4 rings (SSSR count). The number of rotatable bonds is 4. The first-order chi connectivity index (χ1) is 11.7. The van der Waals surface area contributed by atoms with Crippen molar-refractivity contribution in [2.75, 3.05) is 5.32 Å². The third-order valence-electron chi connectivity index (χ3n) is 4.06. The zero-order chi connectivity index (χ0) is 16.7. The van der Waals surface area contributed by atoms with Gasteiger partial charge in [-0.25, -0.2) is 19.7 Å². The van der Waals surface area contributed by atoms with Gasteiger partial charge in [0.1, 0.15) is 11.8 Å². The van der Waals surface area contributed by atoms with Gasteiger partial charge in [-0.05, 0) is 24.6 Å². The molecule has 8 nitrogen and oxygen atoms in total. The van der Waals surface area contributed by atoms with Gasteiger partial charge in [0.15, 0.2) is 17.0 Å². The lowest BCUT2D eigenvalue weighted by molar-refractivity contribution is 0.528. The summed E-state index contributed by atoms with van der Waals surface area (Å²) in [5.41, 5.74) is 3.92. The van der Waals surface area contributed by atoms with Crippen LogP contribution in [-0.4, -0.2) is 24.1 Å². The molecule has 0 radical (unpaired) electrons. The van der Waals surface area contributed by atoms with Crippen molar-refractivity contribution < 1.29 is 4.42 Å². The molecule has 122 valence electrons. The highest BCUT2D eigenvalue weighted by Gasteiger charge is 2.10. The van der Waals surface area contributed by atoms with Crippen molar-refractivity contribution in [1.82, 2.24) is 24.1 Å². The smallest absolute Gasteiger partial charge is 0.408 e. The number of hydrogen-bond acceptors (Lipinski definition) is 6. The van der Waals surface area contributed by atoms with E-state index in [1.165, 1.54) is 10.9 Å². The highest BCUT2D eigenvalue weighted by Crippen LogP contribution is 2.19. The van der Waals surface area contributed by atoms with E-state index in [0.717, 1.165) is 28.8 Å². The largest absolute Gasteiger partial charge is 0.419 e. The zero-order valence-corrected chi connectivity index (χ0v) is 13.4. The Hall–Kier alpha value is -3.16. The second kappa shape index (κ2) is 5.48. The summed E-state index contributed by atoms with van der Waals surface area (Å²) in [5.74, 6) is 0.325. The van der Waals surface area contributed by atoms with Gasteiger partial charge in [0.2, 0.25) is 0 Å². The number of nitrogens with one attached hydrogen (secondary N) is 1. The van der Waals surface area contributed by atoms with Crippen LogP contribution in [0.25, 0.3) is 22.3 Å². The van der Waals surface area contributed by atoms with Gasteiger partial charge in [-0.1, -0.05) is 6.07 Å². The first-order valence-electron chi connectivity index (χ1n) is 7.65. The molecule has 8 heteroatoms. The van der Waals surface area contributed by atoms with Crippen molar-refractivity contribution in [3.05, 3.63) is 47.0 Å². The minimum Gasteiger partial charge on any atom is -0.408 e. The number of nitrogens with zero attached hydrogens (tertiary/aromatic N) is 5. The molecule has 0 amide bonds. The molecule has 1 N–H and O–H groups in total. The molecule has 0 saturated heterocycles. The molecule has 0 bridgehead atoms. The van der Waals surface area contributed by atoms with E-state index in [9.17, 15) is 4.79 Å². The molecular formula is C16H16N6O2. The molecular weight excluding hydrogens is 308 g/mol. The lowest BCUT2D eigenvalue weighted by atomic mass is 10.2. The van der Waals surface area contributed by atoms with Gasteiger partial charge in [0.25, 0.3) is 0 Å². The normalized spacial score (nSPS) is 11.4. The predicted octanol–water partition coefficient (Wildman–Crippen LogP) is 1.90. The Bertz CT molecular complexity index is 1090. The maximum atomic E-state index is 11.6. The van der Waals surface area contributed by atoms with Gasteiger partial charge in [-0.3, -0.25) is 4.57 Å². The number of imidazole rings is 1. The molecule has 3 aromatic heterocycles. The molecule has 0 aliphatic heterocycles. The van der Waals surface area contributed by atoms with E-state index in [0.29, 0.717) is 17.9 Å². The van der Waals surface area contributed by atoms with Crippen molar-refractivity contribution >= 4 is 28.1 Å². The molecule has 4 aromatic rings. The molecule has 24 heavy (non-hydrogen) atoms. The SMILES string of the molecule is CCn1cnc2c(NCc3ccc4oc(=O)n(C)c4c3)ncnc21. The molecule has 0 spiro atoms. The Morgan fingerprint density at radius 1 is 1.25 bits per heavy atom.